The molecule has 0 unspecified atom stereocenters. The Hall–Kier alpha value is -1.88. The van der Waals surface area contributed by atoms with Crippen molar-refractivity contribution in [1.82, 2.24) is 9.80 Å². The van der Waals surface area contributed by atoms with E-state index in [0.717, 1.165) is 13.0 Å². The van der Waals surface area contributed by atoms with Crippen molar-refractivity contribution in [1.29, 1.82) is 0 Å². The lowest BCUT2D eigenvalue weighted by Gasteiger charge is -2.34. The fraction of sp³-hybridized carbons (Fsp3) is 0.636. The SMILES string of the molecule is COC(=O)C1CCN(C(=O)CN(CCc2ccccc2)C2CCCC2)CC1. The van der Waals surface area contributed by atoms with Gasteiger partial charge in [0.15, 0.2) is 0 Å². The van der Waals surface area contributed by atoms with Crippen molar-refractivity contribution in [3.8, 4) is 0 Å². The number of hydrogen-bond donors (Lipinski definition) is 0. The first-order valence-corrected chi connectivity index (χ1v) is 10.3. The third kappa shape index (κ3) is 5.55. The van der Waals surface area contributed by atoms with Gasteiger partial charge in [0.25, 0.3) is 0 Å². The summed E-state index contributed by atoms with van der Waals surface area (Å²) < 4.78 is 4.84. The van der Waals surface area contributed by atoms with E-state index in [4.69, 9.17) is 4.74 Å². The Balaban J connectivity index is 1.53. The molecule has 27 heavy (non-hydrogen) atoms. The van der Waals surface area contributed by atoms with Crippen molar-refractivity contribution in [2.75, 3.05) is 33.3 Å². The van der Waals surface area contributed by atoms with Gasteiger partial charge in [-0.3, -0.25) is 14.5 Å². The Labute approximate surface area is 162 Å². The Morgan fingerprint density at radius 2 is 1.74 bits per heavy atom. The molecule has 0 bridgehead atoms. The minimum absolute atomic E-state index is 0.0527. The van der Waals surface area contributed by atoms with Crippen LogP contribution in [0.1, 0.15) is 44.1 Å². The molecule has 0 N–H and O–H groups in total. The number of piperidine rings is 1. The number of esters is 1. The molecule has 1 aliphatic carbocycles. The lowest BCUT2D eigenvalue weighted by Crippen LogP contribution is -2.47. The first-order valence-electron chi connectivity index (χ1n) is 10.3. The molecule has 1 heterocycles. The number of ether oxygens (including phenoxy) is 1. The predicted molar refractivity (Wildman–Crippen MR) is 105 cm³/mol. The van der Waals surface area contributed by atoms with Crippen molar-refractivity contribution in [2.45, 2.75) is 51.0 Å². The van der Waals surface area contributed by atoms with Gasteiger partial charge in [0.05, 0.1) is 19.6 Å². The highest BCUT2D eigenvalue weighted by Gasteiger charge is 2.30. The molecule has 0 atom stereocenters. The number of methoxy groups -OCH3 is 1. The van der Waals surface area contributed by atoms with Crippen molar-refractivity contribution in [3.05, 3.63) is 35.9 Å². The van der Waals surface area contributed by atoms with Gasteiger partial charge in [-0.05, 0) is 37.7 Å². The van der Waals surface area contributed by atoms with Crippen LogP contribution in [0, 0.1) is 5.92 Å². The Morgan fingerprint density at radius 3 is 2.37 bits per heavy atom. The van der Waals surface area contributed by atoms with Gasteiger partial charge in [-0.1, -0.05) is 43.2 Å². The number of amides is 1. The number of hydrogen-bond acceptors (Lipinski definition) is 4. The maximum Gasteiger partial charge on any atom is 0.308 e. The number of likely N-dealkylation sites (tertiary alicyclic amines) is 1. The molecule has 3 rings (SSSR count). The van der Waals surface area contributed by atoms with Gasteiger partial charge in [-0.15, -0.1) is 0 Å². The number of carbonyl (C=O) groups excluding carboxylic acids is 2. The molecule has 1 saturated carbocycles. The van der Waals surface area contributed by atoms with Gasteiger partial charge in [0.1, 0.15) is 0 Å². The monoisotopic (exact) mass is 372 g/mol. The Morgan fingerprint density at radius 1 is 1.07 bits per heavy atom. The van der Waals surface area contributed by atoms with Gasteiger partial charge in [0.2, 0.25) is 5.91 Å². The molecule has 2 aliphatic rings. The van der Waals surface area contributed by atoms with Crippen LogP contribution in [0.15, 0.2) is 30.3 Å². The number of benzene rings is 1. The fourth-order valence-electron chi connectivity index (χ4n) is 4.38. The summed E-state index contributed by atoms with van der Waals surface area (Å²) in [6.45, 7) is 2.75. The molecule has 148 valence electrons. The van der Waals surface area contributed by atoms with Gasteiger partial charge < -0.3 is 9.64 Å². The normalized spacial score (nSPS) is 18.8. The van der Waals surface area contributed by atoms with E-state index in [1.165, 1.54) is 38.4 Å². The van der Waals surface area contributed by atoms with E-state index in [-0.39, 0.29) is 17.8 Å². The first-order chi connectivity index (χ1) is 13.2. The highest BCUT2D eigenvalue weighted by atomic mass is 16.5. The summed E-state index contributed by atoms with van der Waals surface area (Å²) in [4.78, 5) is 28.9. The summed E-state index contributed by atoms with van der Waals surface area (Å²) in [6, 6.07) is 11.0. The van der Waals surface area contributed by atoms with E-state index < -0.39 is 0 Å². The molecule has 0 aromatic heterocycles. The molecule has 1 saturated heterocycles. The number of nitrogens with zero attached hydrogens (tertiary/aromatic N) is 2. The van der Waals surface area contributed by atoms with Crippen LogP contribution < -0.4 is 0 Å². The van der Waals surface area contributed by atoms with Gasteiger partial charge >= 0.3 is 5.97 Å². The van der Waals surface area contributed by atoms with E-state index in [0.29, 0.717) is 38.5 Å². The second-order valence-corrected chi connectivity index (χ2v) is 7.82. The topological polar surface area (TPSA) is 49.9 Å². The van der Waals surface area contributed by atoms with E-state index >= 15 is 0 Å². The fourth-order valence-corrected chi connectivity index (χ4v) is 4.38. The molecule has 0 spiro atoms. The molecular formula is C22H32N2O3. The smallest absolute Gasteiger partial charge is 0.308 e. The second kappa shape index (κ2) is 9.88. The maximum absolute atomic E-state index is 12.9. The minimum Gasteiger partial charge on any atom is -0.469 e. The second-order valence-electron chi connectivity index (χ2n) is 7.82. The zero-order valence-electron chi connectivity index (χ0n) is 16.4. The standard InChI is InChI=1S/C22H32N2O3/c1-27-22(26)19-12-15-23(16-13-19)21(25)17-24(20-9-5-6-10-20)14-11-18-7-3-2-4-8-18/h2-4,7-8,19-20H,5-6,9-17H2,1H3. The molecule has 1 aromatic rings. The summed E-state index contributed by atoms with van der Waals surface area (Å²) in [5, 5.41) is 0. The summed E-state index contributed by atoms with van der Waals surface area (Å²) in [5.41, 5.74) is 1.33. The third-order valence-corrected chi connectivity index (χ3v) is 6.09. The molecule has 1 aromatic carbocycles. The van der Waals surface area contributed by atoms with Crippen molar-refractivity contribution >= 4 is 11.9 Å². The largest absolute Gasteiger partial charge is 0.469 e. The molecule has 1 amide bonds. The molecular weight excluding hydrogens is 340 g/mol. The Bertz CT molecular complexity index is 605. The molecule has 1 aliphatic heterocycles. The summed E-state index contributed by atoms with van der Waals surface area (Å²) in [5.74, 6) is 0.0129. The zero-order chi connectivity index (χ0) is 19.1. The highest BCUT2D eigenvalue weighted by Crippen LogP contribution is 2.24. The van der Waals surface area contributed by atoms with E-state index in [1.54, 1.807) is 0 Å². The van der Waals surface area contributed by atoms with Crippen LogP contribution in [0.5, 0.6) is 0 Å². The number of carbonyl (C=O) groups is 2. The Kier molecular flexibility index (Phi) is 7.27. The van der Waals surface area contributed by atoms with Crippen LogP contribution in [-0.4, -0.2) is 61.0 Å². The average molecular weight is 373 g/mol. The number of rotatable bonds is 7. The van der Waals surface area contributed by atoms with Crippen molar-refractivity contribution in [2.24, 2.45) is 5.92 Å². The van der Waals surface area contributed by atoms with Gasteiger partial charge in [-0.2, -0.15) is 0 Å². The van der Waals surface area contributed by atoms with Crippen molar-refractivity contribution < 1.29 is 14.3 Å². The summed E-state index contributed by atoms with van der Waals surface area (Å²) in [7, 11) is 1.44. The third-order valence-electron chi connectivity index (χ3n) is 6.09. The lowest BCUT2D eigenvalue weighted by molar-refractivity contribution is -0.149. The zero-order valence-corrected chi connectivity index (χ0v) is 16.4. The average Bonchev–Trinajstić information content (AvgIpc) is 3.26. The molecule has 2 fully saturated rings. The first kappa shape index (κ1) is 19.9. The highest BCUT2D eigenvalue weighted by molar-refractivity contribution is 5.79. The maximum atomic E-state index is 12.9. The van der Waals surface area contributed by atoms with Crippen LogP contribution in [-0.2, 0) is 20.7 Å². The minimum atomic E-state index is -0.141. The molecule has 5 heteroatoms. The summed E-state index contributed by atoms with van der Waals surface area (Å²) in [6.07, 6.45) is 7.35. The quantitative estimate of drug-likeness (QED) is 0.691. The van der Waals surface area contributed by atoms with Crippen LogP contribution in [0.4, 0.5) is 0 Å². The van der Waals surface area contributed by atoms with Crippen LogP contribution in [0.3, 0.4) is 0 Å². The van der Waals surface area contributed by atoms with E-state index in [1.807, 2.05) is 11.0 Å². The van der Waals surface area contributed by atoms with Crippen LogP contribution in [0.25, 0.3) is 0 Å². The predicted octanol–water partition coefficient (Wildman–Crippen LogP) is 2.89. The molecule has 5 nitrogen and oxygen atoms in total. The van der Waals surface area contributed by atoms with Crippen molar-refractivity contribution in [3.63, 3.8) is 0 Å². The summed E-state index contributed by atoms with van der Waals surface area (Å²) >= 11 is 0. The van der Waals surface area contributed by atoms with E-state index in [2.05, 4.69) is 29.2 Å². The van der Waals surface area contributed by atoms with Gasteiger partial charge in [0, 0.05) is 25.7 Å². The molecule has 0 radical (unpaired) electrons. The van der Waals surface area contributed by atoms with Crippen LogP contribution in [0.2, 0.25) is 0 Å². The van der Waals surface area contributed by atoms with E-state index in [9.17, 15) is 9.59 Å². The lowest BCUT2D eigenvalue weighted by atomic mass is 9.97. The van der Waals surface area contributed by atoms with Gasteiger partial charge in [-0.25, -0.2) is 0 Å². The van der Waals surface area contributed by atoms with Crippen LogP contribution >= 0.6 is 0 Å².